The summed E-state index contributed by atoms with van der Waals surface area (Å²) in [6.45, 7) is 3.69. The number of para-hydroxylation sites is 1. The van der Waals surface area contributed by atoms with Gasteiger partial charge in [0.25, 0.3) is 0 Å². The van der Waals surface area contributed by atoms with Gasteiger partial charge in [-0.05, 0) is 41.0 Å². The molecule has 0 radical (unpaired) electrons. The average Bonchev–Trinajstić information content (AvgIpc) is 3.56. The summed E-state index contributed by atoms with van der Waals surface area (Å²) in [6, 6.07) is 21.1. The van der Waals surface area contributed by atoms with Crippen LogP contribution in [0.1, 0.15) is 35.6 Å². The lowest BCUT2D eigenvalue weighted by Crippen LogP contribution is -2.12. The number of fused-ring (bicyclic) bond motifs is 1. The number of aromatic amines is 1. The third kappa shape index (κ3) is 4.81. The molecule has 10 heteroatoms. The summed E-state index contributed by atoms with van der Waals surface area (Å²) >= 11 is 0. The Bertz CT molecular complexity index is 1580. The molecule has 186 valence electrons. The van der Waals surface area contributed by atoms with Crippen LogP contribution in [0.15, 0.2) is 66.7 Å². The smallest absolute Gasteiger partial charge is 0.340 e. The third-order valence-corrected chi connectivity index (χ3v) is 5.89. The maximum Gasteiger partial charge on any atom is 0.340 e. The lowest BCUT2D eigenvalue weighted by atomic mass is 9.95. The van der Waals surface area contributed by atoms with Gasteiger partial charge in [-0.2, -0.15) is 5.21 Å². The Balaban J connectivity index is 1.66. The number of ether oxygens (including phenoxy) is 2. The summed E-state index contributed by atoms with van der Waals surface area (Å²) in [7, 11) is 0. The van der Waals surface area contributed by atoms with E-state index >= 15 is 0 Å². The van der Waals surface area contributed by atoms with Crippen LogP contribution in [0.4, 0.5) is 0 Å². The minimum atomic E-state index is -0.441. The van der Waals surface area contributed by atoms with Gasteiger partial charge >= 0.3 is 11.9 Å². The second-order valence-electron chi connectivity index (χ2n) is 8.23. The van der Waals surface area contributed by atoms with Crippen molar-refractivity contribution in [2.75, 3.05) is 6.61 Å². The van der Waals surface area contributed by atoms with Crippen LogP contribution in [0, 0.1) is 0 Å². The summed E-state index contributed by atoms with van der Waals surface area (Å²) in [5.41, 5.74) is 5.28. The molecule has 0 aliphatic heterocycles. The first-order chi connectivity index (χ1) is 18.1. The van der Waals surface area contributed by atoms with Crippen molar-refractivity contribution in [3.05, 3.63) is 83.7 Å². The van der Waals surface area contributed by atoms with E-state index in [1.54, 1.807) is 19.1 Å². The number of rotatable bonds is 8. The molecule has 0 aliphatic rings. The number of benzene rings is 3. The molecule has 0 amide bonds. The highest BCUT2D eigenvalue weighted by Gasteiger charge is 2.21. The molecule has 37 heavy (non-hydrogen) atoms. The summed E-state index contributed by atoms with van der Waals surface area (Å²) < 4.78 is 12.5. The van der Waals surface area contributed by atoms with Gasteiger partial charge in [-0.3, -0.25) is 4.79 Å². The first-order valence-corrected chi connectivity index (χ1v) is 11.8. The van der Waals surface area contributed by atoms with Gasteiger partial charge in [0, 0.05) is 12.5 Å². The molecule has 10 nitrogen and oxygen atoms in total. The van der Waals surface area contributed by atoms with E-state index in [0.717, 1.165) is 22.3 Å². The largest absolute Gasteiger partial charge is 0.462 e. The predicted octanol–water partition coefficient (Wildman–Crippen LogP) is 4.17. The van der Waals surface area contributed by atoms with Crippen LogP contribution < -0.4 is 0 Å². The van der Waals surface area contributed by atoms with E-state index in [4.69, 9.17) is 14.5 Å². The number of hydrogen-bond donors (Lipinski definition) is 1. The monoisotopic (exact) mass is 496 g/mol. The summed E-state index contributed by atoms with van der Waals surface area (Å²) in [6.07, 6.45) is 0. The van der Waals surface area contributed by atoms with Crippen molar-refractivity contribution >= 4 is 23.0 Å². The Kier molecular flexibility index (Phi) is 6.71. The lowest BCUT2D eigenvalue weighted by molar-refractivity contribution is -0.142. The van der Waals surface area contributed by atoms with E-state index in [9.17, 15) is 9.59 Å². The molecule has 1 N–H and O–H groups in total. The number of aromatic nitrogens is 6. The Morgan fingerprint density at radius 2 is 1.68 bits per heavy atom. The van der Waals surface area contributed by atoms with Crippen molar-refractivity contribution in [1.29, 1.82) is 0 Å². The molecule has 0 fully saturated rings. The molecule has 2 heterocycles. The van der Waals surface area contributed by atoms with Crippen LogP contribution >= 0.6 is 0 Å². The highest BCUT2D eigenvalue weighted by Crippen LogP contribution is 2.33. The normalized spacial score (nSPS) is 11.0. The summed E-state index contributed by atoms with van der Waals surface area (Å²) in [5, 5.41) is 14.5. The van der Waals surface area contributed by atoms with Crippen LogP contribution in [0.3, 0.4) is 0 Å². The molecular formula is C27H24N6O4. The molecule has 5 rings (SSSR count). The lowest BCUT2D eigenvalue weighted by Gasteiger charge is -2.16. The van der Waals surface area contributed by atoms with E-state index in [2.05, 4.69) is 20.6 Å². The molecule has 0 unspecified atom stereocenters. The highest BCUT2D eigenvalue weighted by molar-refractivity contribution is 6.02. The van der Waals surface area contributed by atoms with Crippen LogP contribution in [0.5, 0.6) is 0 Å². The zero-order valence-corrected chi connectivity index (χ0v) is 20.3. The molecule has 5 aromatic rings. The number of nitrogens with one attached hydrogen (secondary N) is 1. The standard InChI is InChI=1S/C27H24N6O4/c1-3-36-27(35)22-13-8-14-23-25(22)33(24(28-23)16-37-17(2)34)15-18-9-4-5-10-19(18)20-11-6-7-12-21(20)26-29-31-32-30-26/h4-14H,3,15-16H2,1-2H3,(H,29,30,31,32). The Morgan fingerprint density at radius 1 is 0.919 bits per heavy atom. The van der Waals surface area contributed by atoms with Gasteiger partial charge in [-0.1, -0.05) is 54.6 Å². The van der Waals surface area contributed by atoms with Gasteiger partial charge in [0.2, 0.25) is 5.82 Å². The van der Waals surface area contributed by atoms with Crippen molar-refractivity contribution in [3.8, 4) is 22.5 Å². The highest BCUT2D eigenvalue weighted by atomic mass is 16.5. The number of tetrazole rings is 1. The Hall–Kier alpha value is -4.86. The number of hydrogen-bond acceptors (Lipinski definition) is 8. The van der Waals surface area contributed by atoms with Gasteiger partial charge in [0.05, 0.1) is 29.7 Å². The third-order valence-electron chi connectivity index (χ3n) is 5.89. The van der Waals surface area contributed by atoms with Gasteiger partial charge in [0.1, 0.15) is 12.4 Å². The van der Waals surface area contributed by atoms with Crippen molar-refractivity contribution in [1.82, 2.24) is 30.2 Å². The van der Waals surface area contributed by atoms with E-state index in [1.165, 1.54) is 6.92 Å². The molecule has 0 bridgehead atoms. The van der Waals surface area contributed by atoms with Crippen LogP contribution in [-0.2, 0) is 27.4 Å². The van der Waals surface area contributed by atoms with Gasteiger partial charge in [0.15, 0.2) is 0 Å². The fourth-order valence-electron chi connectivity index (χ4n) is 4.33. The number of nitrogens with zero attached hydrogens (tertiary/aromatic N) is 5. The minimum absolute atomic E-state index is 0.0338. The molecule has 0 saturated heterocycles. The van der Waals surface area contributed by atoms with E-state index in [1.807, 2.05) is 59.2 Å². The zero-order chi connectivity index (χ0) is 25.8. The first kappa shape index (κ1) is 23.9. The predicted molar refractivity (Wildman–Crippen MR) is 135 cm³/mol. The average molecular weight is 497 g/mol. The number of esters is 2. The van der Waals surface area contributed by atoms with E-state index in [0.29, 0.717) is 34.8 Å². The summed E-state index contributed by atoms with van der Waals surface area (Å²) in [5.74, 6) is 0.143. The Labute approximate surface area is 212 Å². The molecule has 2 aromatic heterocycles. The fourth-order valence-corrected chi connectivity index (χ4v) is 4.33. The molecule has 3 aromatic carbocycles. The van der Waals surface area contributed by atoms with E-state index < -0.39 is 11.9 Å². The Morgan fingerprint density at radius 3 is 2.41 bits per heavy atom. The van der Waals surface area contributed by atoms with Crippen molar-refractivity contribution < 1.29 is 19.1 Å². The first-order valence-electron chi connectivity index (χ1n) is 11.8. The molecule has 0 atom stereocenters. The SMILES string of the molecule is CCOC(=O)c1cccc2nc(COC(C)=O)n(Cc3ccccc3-c3ccccc3-c3nn[nH]n3)c12. The fraction of sp³-hybridized carbons (Fsp3) is 0.185. The quantitative estimate of drug-likeness (QED) is 0.317. The second-order valence-corrected chi connectivity index (χ2v) is 8.23. The number of carbonyl (C=O) groups excluding carboxylic acids is 2. The molecular weight excluding hydrogens is 472 g/mol. The number of imidazole rings is 1. The minimum Gasteiger partial charge on any atom is -0.462 e. The molecule has 0 aliphatic carbocycles. The molecule has 0 saturated carbocycles. The van der Waals surface area contributed by atoms with Gasteiger partial charge in [-0.15, -0.1) is 10.2 Å². The maximum absolute atomic E-state index is 12.8. The van der Waals surface area contributed by atoms with Crippen molar-refractivity contribution in [2.24, 2.45) is 0 Å². The van der Waals surface area contributed by atoms with Gasteiger partial charge < -0.3 is 14.0 Å². The van der Waals surface area contributed by atoms with Crippen LogP contribution in [-0.4, -0.2) is 48.7 Å². The van der Waals surface area contributed by atoms with Crippen molar-refractivity contribution in [2.45, 2.75) is 27.0 Å². The van der Waals surface area contributed by atoms with Crippen molar-refractivity contribution in [3.63, 3.8) is 0 Å². The summed E-state index contributed by atoms with van der Waals surface area (Å²) in [4.78, 5) is 29.1. The van der Waals surface area contributed by atoms with Gasteiger partial charge in [-0.25, -0.2) is 9.78 Å². The maximum atomic E-state index is 12.8. The topological polar surface area (TPSA) is 125 Å². The van der Waals surface area contributed by atoms with E-state index in [-0.39, 0.29) is 13.2 Å². The van der Waals surface area contributed by atoms with Crippen LogP contribution in [0.2, 0.25) is 0 Å². The zero-order valence-electron chi connectivity index (χ0n) is 20.3. The second kappa shape index (κ2) is 10.4. The number of carbonyl (C=O) groups is 2. The number of H-pyrrole nitrogens is 1. The molecule has 0 spiro atoms. The van der Waals surface area contributed by atoms with Crippen LogP contribution in [0.25, 0.3) is 33.5 Å².